The second kappa shape index (κ2) is 4.29. The number of oxazole rings is 1. The lowest BCUT2D eigenvalue weighted by Crippen LogP contribution is -1.90. The summed E-state index contributed by atoms with van der Waals surface area (Å²) in [5.41, 5.74) is 8.19. The van der Waals surface area contributed by atoms with E-state index in [2.05, 4.69) is 15.0 Å². The van der Waals surface area contributed by atoms with E-state index >= 15 is 0 Å². The summed E-state index contributed by atoms with van der Waals surface area (Å²) in [7, 11) is 0. The van der Waals surface area contributed by atoms with E-state index in [1.54, 1.807) is 24.7 Å². The Morgan fingerprint density at radius 3 is 2.22 bits per heavy atom. The third-order valence-electron chi connectivity index (χ3n) is 2.53. The quantitative estimate of drug-likeness (QED) is 0.741. The van der Waals surface area contributed by atoms with Crippen LogP contribution in [0, 0.1) is 0 Å². The van der Waals surface area contributed by atoms with Crippen LogP contribution in [-0.2, 0) is 0 Å². The minimum absolute atomic E-state index is 0.503. The Balaban J connectivity index is 1.94. The molecule has 0 atom stereocenters. The van der Waals surface area contributed by atoms with Gasteiger partial charge in [-0.15, -0.1) is 0 Å². The van der Waals surface area contributed by atoms with Crippen molar-refractivity contribution >= 4 is 5.82 Å². The van der Waals surface area contributed by atoms with Crippen molar-refractivity contribution in [3.63, 3.8) is 0 Å². The maximum absolute atomic E-state index is 5.55. The zero-order valence-electron chi connectivity index (χ0n) is 9.45. The largest absolute Gasteiger partial charge is 0.443 e. The summed E-state index contributed by atoms with van der Waals surface area (Å²) < 4.78 is 5.18. The minimum Gasteiger partial charge on any atom is -0.443 e. The molecule has 3 aromatic rings. The van der Waals surface area contributed by atoms with Crippen LogP contribution in [0.4, 0.5) is 5.82 Å². The monoisotopic (exact) mass is 238 g/mol. The molecular weight excluding hydrogens is 228 g/mol. The summed E-state index contributed by atoms with van der Waals surface area (Å²) in [6.07, 6.45) is 6.59. The lowest BCUT2D eigenvalue weighted by molar-refractivity contribution is 0.572. The summed E-state index contributed by atoms with van der Waals surface area (Å²) in [4.78, 5) is 12.4. The van der Waals surface area contributed by atoms with E-state index in [-0.39, 0.29) is 0 Å². The van der Waals surface area contributed by atoms with Gasteiger partial charge >= 0.3 is 0 Å². The van der Waals surface area contributed by atoms with Crippen LogP contribution in [0.3, 0.4) is 0 Å². The predicted octanol–water partition coefficient (Wildman–Crippen LogP) is 2.38. The van der Waals surface area contributed by atoms with Gasteiger partial charge in [-0.2, -0.15) is 0 Å². The van der Waals surface area contributed by atoms with Crippen LogP contribution in [-0.4, -0.2) is 15.0 Å². The normalized spacial score (nSPS) is 10.4. The molecule has 0 bridgehead atoms. The van der Waals surface area contributed by atoms with Crippen LogP contribution in [0.1, 0.15) is 0 Å². The SMILES string of the molecule is Nc1ccc(-c2ccc(-c3ncco3)nc2)cn1. The van der Waals surface area contributed by atoms with E-state index in [0.29, 0.717) is 17.4 Å². The standard InChI is InChI=1S/C13H10N4O/c14-12-4-2-10(8-17-12)9-1-3-11(16-7-9)13-15-5-6-18-13/h1-8H,(H2,14,17). The molecule has 88 valence electrons. The predicted molar refractivity (Wildman–Crippen MR) is 67.4 cm³/mol. The van der Waals surface area contributed by atoms with E-state index < -0.39 is 0 Å². The van der Waals surface area contributed by atoms with E-state index in [0.717, 1.165) is 11.1 Å². The summed E-state index contributed by atoms with van der Waals surface area (Å²) in [5.74, 6) is 1.01. The molecule has 0 aliphatic carbocycles. The molecular formula is C13H10N4O. The fraction of sp³-hybridized carbons (Fsp3) is 0. The third-order valence-corrected chi connectivity index (χ3v) is 2.53. The molecule has 0 aliphatic rings. The van der Waals surface area contributed by atoms with E-state index in [9.17, 15) is 0 Å². The summed E-state index contributed by atoms with van der Waals surface area (Å²) in [6, 6.07) is 7.47. The van der Waals surface area contributed by atoms with Gasteiger partial charge in [0, 0.05) is 23.5 Å². The molecule has 0 saturated heterocycles. The van der Waals surface area contributed by atoms with Crippen molar-refractivity contribution < 1.29 is 4.42 Å². The summed E-state index contributed by atoms with van der Waals surface area (Å²) >= 11 is 0. The molecule has 2 N–H and O–H groups in total. The molecule has 3 aromatic heterocycles. The Labute approximate surface area is 103 Å². The average molecular weight is 238 g/mol. The maximum Gasteiger partial charge on any atom is 0.244 e. The molecule has 0 spiro atoms. The molecule has 5 heteroatoms. The molecule has 0 saturated carbocycles. The Morgan fingerprint density at radius 2 is 1.67 bits per heavy atom. The Kier molecular flexibility index (Phi) is 2.49. The van der Waals surface area contributed by atoms with Gasteiger partial charge in [-0.3, -0.25) is 4.98 Å². The third kappa shape index (κ3) is 1.93. The summed E-state index contributed by atoms with van der Waals surface area (Å²) in [6.45, 7) is 0. The Morgan fingerprint density at radius 1 is 0.889 bits per heavy atom. The zero-order valence-corrected chi connectivity index (χ0v) is 9.45. The average Bonchev–Trinajstić information content (AvgIpc) is 2.94. The number of nitrogens with two attached hydrogens (primary N) is 1. The van der Waals surface area contributed by atoms with Crippen LogP contribution in [0.2, 0.25) is 0 Å². The van der Waals surface area contributed by atoms with Gasteiger partial charge in [0.25, 0.3) is 0 Å². The van der Waals surface area contributed by atoms with Crippen molar-refractivity contribution in [1.82, 2.24) is 15.0 Å². The number of aromatic nitrogens is 3. The molecule has 0 aromatic carbocycles. The fourth-order valence-electron chi connectivity index (χ4n) is 1.62. The first-order valence-electron chi connectivity index (χ1n) is 5.41. The van der Waals surface area contributed by atoms with Gasteiger partial charge < -0.3 is 10.2 Å². The topological polar surface area (TPSA) is 77.8 Å². The number of rotatable bonds is 2. The fourth-order valence-corrected chi connectivity index (χ4v) is 1.62. The van der Waals surface area contributed by atoms with E-state index in [1.807, 2.05) is 18.2 Å². The van der Waals surface area contributed by atoms with Gasteiger partial charge in [-0.05, 0) is 18.2 Å². The van der Waals surface area contributed by atoms with Crippen molar-refractivity contribution in [3.8, 4) is 22.7 Å². The highest BCUT2D eigenvalue weighted by Gasteiger charge is 2.04. The molecule has 0 amide bonds. The van der Waals surface area contributed by atoms with Crippen molar-refractivity contribution in [3.05, 3.63) is 49.1 Å². The molecule has 5 nitrogen and oxygen atoms in total. The highest BCUT2D eigenvalue weighted by atomic mass is 16.3. The molecule has 0 aliphatic heterocycles. The number of pyridine rings is 2. The van der Waals surface area contributed by atoms with Crippen molar-refractivity contribution in [2.75, 3.05) is 5.73 Å². The molecule has 0 radical (unpaired) electrons. The molecule has 0 fully saturated rings. The smallest absolute Gasteiger partial charge is 0.244 e. The first-order chi connectivity index (χ1) is 8.83. The van der Waals surface area contributed by atoms with Gasteiger partial charge in [0.1, 0.15) is 17.8 Å². The Hall–Kier alpha value is -2.69. The lowest BCUT2D eigenvalue weighted by Gasteiger charge is -2.01. The van der Waals surface area contributed by atoms with E-state index in [1.165, 1.54) is 6.26 Å². The van der Waals surface area contributed by atoms with Gasteiger partial charge in [0.2, 0.25) is 5.89 Å². The van der Waals surface area contributed by atoms with E-state index in [4.69, 9.17) is 10.2 Å². The number of nitrogen functional groups attached to an aromatic ring is 1. The first kappa shape index (κ1) is 10.5. The van der Waals surface area contributed by atoms with Gasteiger partial charge in [-0.25, -0.2) is 9.97 Å². The Bertz CT molecular complexity index is 630. The molecule has 3 heterocycles. The van der Waals surface area contributed by atoms with Crippen LogP contribution < -0.4 is 5.73 Å². The van der Waals surface area contributed by atoms with Gasteiger partial charge in [-0.1, -0.05) is 6.07 Å². The van der Waals surface area contributed by atoms with Crippen LogP contribution in [0.15, 0.2) is 53.5 Å². The number of anilines is 1. The van der Waals surface area contributed by atoms with Crippen molar-refractivity contribution in [2.24, 2.45) is 0 Å². The minimum atomic E-state index is 0.503. The second-order valence-corrected chi connectivity index (χ2v) is 3.74. The maximum atomic E-state index is 5.55. The summed E-state index contributed by atoms with van der Waals surface area (Å²) in [5, 5.41) is 0. The highest BCUT2D eigenvalue weighted by Crippen LogP contribution is 2.21. The number of hydrogen-bond donors (Lipinski definition) is 1. The van der Waals surface area contributed by atoms with Crippen molar-refractivity contribution in [2.45, 2.75) is 0 Å². The lowest BCUT2D eigenvalue weighted by atomic mass is 10.1. The number of hydrogen-bond acceptors (Lipinski definition) is 5. The van der Waals surface area contributed by atoms with Crippen LogP contribution in [0.25, 0.3) is 22.7 Å². The van der Waals surface area contributed by atoms with Crippen LogP contribution >= 0.6 is 0 Å². The highest BCUT2D eigenvalue weighted by molar-refractivity contribution is 5.64. The molecule has 0 unspecified atom stereocenters. The van der Waals surface area contributed by atoms with Crippen LogP contribution in [0.5, 0.6) is 0 Å². The van der Waals surface area contributed by atoms with Crippen molar-refractivity contribution in [1.29, 1.82) is 0 Å². The zero-order chi connectivity index (χ0) is 12.4. The first-order valence-corrected chi connectivity index (χ1v) is 5.41. The molecule has 18 heavy (non-hydrogen) atoms. The van der Waals surface area contributed by atoms with Gasteiger partial charge in [0.05, 0.1) is 6.20 Å². The second-order valence-electron chi connectivity index (χ2n) is 3.74. The van der Waals surface area contributed by atoms with Gasteiger partial charge in [0.15, 0.2) is 0 Å². The molecule has 3 rings (SSSR count). The number of nitrogens with zero attached hydrogens (tertiary/aromatic N) is 3.